The quantitative estimate of drug-likeness (QED) is 0.236. The predicted molar refractivity (Wildman–Crippen MR) is 120 cm³/mol. The summed E-state index contributed by atoms with van der Waals surface area (Å²) < 4.78 is 52.0. The van der Waals surface area contributed by atoms with Gasteiger partial charge in [0.1, 0.15) is 0 Å². The minimum Gasteiger partial charge on any atom is -0.505 e. The molecule has 0 bridgehead atoms. The van der Waals surface area contributed by atoms with Gasteiger partial charge in [0, 0.05) is 23.7 Å². The van der Waals surface area contributed by atoms with E-state index in [1.807, 2.05) is 20.8 Å². The number of alkyl halides is 3. The maximum atomic E-state index is 13.7. The van der Waals surface area contributed by atoms with Gasteiger partial charge in [0.05, 0.1) is 11.3 Å². The number of nitrogens with one attached hydrogen (secondary N) is 3. The molecule has 34 heavy (non-hydrogen) atoms. The Kier molecular flexibility index (Phi) is 6.94. The first-order valence-corrected chi connectivity index (χ1v) is 10.2. The molecule has 3 rings (SSSR count). The van der Waals surface area contributed by atoms with E-state index in [1.165, 1.54) is 12.1 Å². The molecule has 1 heterocycles. The van der Waals surface area contributed by atoms with Gasteiger partial charge < -0.3 is 10.4 Å². The van der Waals surface area contributed by atoms with Crippen LogP contribution < -0.4 is 10.6 Å². The number of nitrogens with zero attached hydrogens (tertiary/aromatic N) is 2. The Balaban J connectivity index is 1.79. The summed E-state index contributed by atoms with van der Waals surface area (Å²) in [5.41, 5.74) is -0.200. The number of amides is 1. The number of benzene rings is 2. The Hall–Kier alpha value is -3.89. The fourth-order valence-electron chi connectivity index (χ4n) is 2.75. The van der Waals surface area contributed by atoms with E-state index >= 15 is 0 Å². The van der Waals surface area contributed by atoms with Gasteiger partial charge in [-0.15, -0.1) is 0 Å². The van der Waals surface area contributed by atoms with Crippen molar-refractivity contribution in [2.75, 3.05) is 11.9 Å². The van der Waals surface area contributed by atoms with Crippen LogP contribution in [0.2, 0.25) is 0 Å². The number of anilines is 1. The third kappa shape index (κ3) is 6.56. The number of halogens is 4. The van der Waals surface area contributed by atoms with Gasteiger partial charge in [-0.25, -0.2) is 4.39 Å². The first kappa shape index (κ1) is 24.7. The number of phenols is 1. The maximum absolute atomic E-state index is 13.7. The van der Waals surface area contributed by atoms with Gasteiger partial charge in [-0.1, -0.05) is 20.8 Å². The van der Waals surface area contributed by atoms with Crippen LogP contribution in [0.15, 0.2) is 53.5 Å². The molecule has 0 saturated carbocycles. The number of carbonyl (C=O) groups is 1. The highest BCUT2D eigenvalue weighted by Crippen LogP contribution is 2.29. The Morgan fingerprint density at radius 2 is 1.76 bits per heavy atom. The Morgan fingerprint density at radius 3 is 2.35 bits per heavy atom. The van der Waals surface area contributed by atoms with Crippen LogP contribution in [-0.4, -0.2) is 33.7 Å². The molecule has 180 valence electrons. The van der Waals surface area contributed by atoms with Crippen molar-refractivity contribution in [2.24, 2.45) is 10.4 Å². The molecule has 0 aliphatic heterocycles. The van der Waals surface area contributed by atoms with Crippen molar-refractivity contribution in [3.63, 3.8) is 0 Å². The lowest BCUT2D eigenvalue weighted by Gasteiger charge is -2.17. The zero-order chi connectivity index (χ0) is 25.1. The van der Waals surface area contributed by atoms with Gasteiger partial charge in [0.25, 0.3) is 5.91 Å². The molecule has 0 fully saturated rings. The van der Waals surface area contributed by atoms with Crippen molar-refractivity contribution in [1.82, 2.24) is 15.5 Å². The monoisotopic (exact) mass is 477 g/mol. The molecule has 3 aromatic rings. The molecule has 0 radical (unpaired) electrons. The van der Waals surface area contributed by atoms with E-state index in [-0.39, 0.29) is 22.8 Å². The van der Waals surface area contributed by atoms with Crippen LogP contribution in [0, 0.1) is 11.2 Å². The molecule has 0 aliphatic rings. The lowest BCUT2D eigenvalue weighted by molar-refractivity contribution is -0.137. The molecule has 1 amide bonds. The van der Waals surface area contributed by atoms with Crippen molar-refractivity contribution in [1.29, 1.82) is 0 Å². The minimum atomic E-state index is -4.51. The molecule has 0 spiro atoms. The fourth-order valence-corrected chi connectivity index (χ4v) is 2.75. The number of hydrogen-bond donors (Lipinski definition) is 4. The summed E-state index contributed by atoms with van der Waals surface area (Å²) >= 11 is 0. The van der Waals surface area contributed by atoms with Crippen LogP contribution in [-0.2, 0) is 6.18 Å². The molecular formula is C23H23F4N5O2. The number of aliphatic imine (C=N–C) groups is 1. The van der Waals surface area contributed by atoms with E-state index in [0.717, 1.165) is 30.3 Å². The van der Waals surface area contributed by atoms with Crippen LogP contribution in [0.4, 0.5) is 23.4 Å². The lowest BCUT2D eigenvalue weighted by atomic mass is 9.97. The van der Waals surface area contributed by atoms with Crippen LogP contribution >= 0.6 is 0 Å². The van der Waals surface area contributed by atoms with Crippen LogP contribution in [0.25, 0.3) is 11.3 Å². The largest absolute Gasteiger partial charge is 0.505 e. The second kappa shape index (κ2) is 9.54. The summed E-state index contributed by atoms with van der Waals surface area (Å²) in [5.74, 6) is -1.65. The van der Waals surface area contributed by atoms with E-state index in [9.17, 15) is 27.5 Å². The van der Waals surface area contributed by atoms with Crippen LogP contribution in [0.1, 0.15) is 36.7 Å². The fraction of sp³-hybridized carbons (Fsp3) is 0.261. The second-order valence-electron chi connectivity index (χ2n) is 8.71. The van der Waals surface area contributed by atoms with Crippen LogP contribution in [0.3, 0.4) is 0 Å². The van der Waals surface area contributed by atoms with E-state index in [2.05, 4.69) is 25.8 Å². The van der Waals surface area contributed by atoms with Gasteiger partial charge in [-0.2, -0.15) is 18.3 Å². The minimum absolute atomic E-state index is 0.0144. The third-order valence-corrected chi connectivity index (χ3v) is 4.50. The lowest BCUT2D eigenvalue weighted by Crippen LogP contribution is -2.37. The van der Waals surface area contributed by atoms with Crippen molar-refractivity contribution in [2.45, 2.75) is 26.9 Å². The number of rotatable bonds is 4. The zero-order valence-electron chi connectivity index (χ0n) is 18.6. The third-order valence-electron chi connectivity index (χ3n) is 4.50. The molecule has 2 aromatic carbocycles. The van der Waals surface area contributed by atoms with Gasteiger partial charge in [0.2, 0.25) is 5.96 Å². The first-order valence-electron chi connectivity index (χ1n) is 10.2. The van der Waals surface area contributed by atoms with E-state index < -0.39 is 29.2 Å². The molecule has 1 aromatic heterocycles. The van der Waals surface area contributed by atoms with Crippen LogP contribution in [0.5, 0.6) is 5.75 Å². The Bertz CT molecular complexity index is 1200. The topological polar surface area (TPSA) is 102 Å². The standard InChI is InChI=1S/C23H23F4N5O2/c1-22(2,3)12-28-21(30-20(34)13-4-7-15(8-5-13)23(25,26)27)29-19-11-17(31-32-19)14-6-9-18(33)16(24)10-14/h4-11,33H,12H2,1-3H3,(H3,28,29,30,31,32,34). The number of hydrogen-bond acceptors (Lipinski definition) is 4. The van der Waals surface area contributed by atoms with Gasteiger partial charge in [-0.05, 0) is 47.9 Å². The average Bonchev–Trinajstić information content (AvgIpc) is 3.21. The average molecular weight is 477 g/mol. The van der Waals surface area contributed by atoms with Gasteiger partial charge >= 0.3 is 6.18 Å². The number of aromatic hydroxyl groups is 1. The van der Waals surface area contributed by atoms with Crippen molar-refractivity contribution >= 4 is 17.7 Å². The maximum Gasteiger partial charge on any atom is 0.416 e. The summed E-state index contributed by atoms with van der Waals surface area (Å²) in [6, 6.07) is 9.18. The molecule has 0 aliphatic carbocycles. The van der Waals surface area contributed by atoms with E-state index in [1.54, 1.807) is 6.07 Å². The molecule has 0 atom stereocenters. The molecule has 0 saturated heterocycles. The zero-order valence-corrected chi connectivity index (χ0v) is 18.6. The van der Waals surface area contributed by atoms with Crippen molar-refractivity contribution in [3.05, 3.63) is 65.5 Å². The smallest absolute Gasteiger partial charge is 0.416 e. The first-order chi connectivity index (χ1) is 15.8. The molecule has 7 nitrogen and oxygen atoms in total. The highest BCUT2D eigenvalue weighted by atomic mass is 19.4. The van der Waals surface area contributed by atoms with E-state index in [4.69, 9.17) is 0 Å². The summed E-state index contributed by atoms with van der Waals surface area (Å²) in [4.78, 5) is 17.0. The number of aromatic nitrogens is 2. The summed E-state index contributed by atoms with van der Waals surface area (Å²) in [6.45, 7) is 6.15. The number of carbonyl (C=O) groups excluding carboxylic acids is 1. The number of guanidine groups is 1. The van der Waals surface area contributed by atoms with Crippen molar-refractivity contribution < 1.29 is 27.5 Å². The SMILES string of the molecule is CC(C)(C)CN=C(NC(=O)c1ccc(C(F)(F)F)cc1)Nc1cc(-c2ccc(O)c(F)c2)[nH]n1. The summed E-state index contributed by atoms with van der Waals surface area (Å²) in [5, 5.41) is 21.5. The molecule has 11 heteroatoms. The number of phenolic OH excluding ortho intramolecular Hbond substituents is 1. The summed E-state index contributed by atoms with van der Waals surface area (Å²) in [7, 11) is 0. The highest BCUT2D eigenvalue weighted by Gasteiger charge is 2.30. The predicted octanol–water partition coefficient (Wildman–Crippen LogP) is 5.18. The number of aromatic amines is 1. The molecule has 0 unspecified atom stereocenters. The van der Waals surface area contributed by atoms with Crippen molar-refractivity contribution in [3.8, 4) is 17.0 Å². The van der Waals surface area contributed by atoms with Gasteiger partial charge in [0.15, 0.2) is 17.4 Å². The molecule has 4 N–H and O–H groups in total. The van der Waals surface area contributed by atoms with Gasteiger partial charge in [-0.3, -0.25) is 20.2 Å². The normalized spacial score (nSPS) is 12.5. The highest BCUT2D eigenvalue weighted by molar-refractivity contribution is 6.09. The second-order valence-corrected chi connectivity index (χ2v) is 8.71. The Morgan fingerprint density at radius 1 is 1.09 bits per heavy atom. The summed E-state index contributed by atoms with van der Waals surface area (Å²) in [6.07, 6.45) is -4.51. The number of H-pyrrole nitrogens is 1. The Labute approximate surface area is 192 Å². The van der Waals surface area contributed by atoms with E-state index in [0.29, 0.717) is 17.8 Å². The molecular weight excluding hydrogens is 454 g/mol.